The smallest absolute Gasteiger partial charge is 0.260 e. The maximum atomic E-state index is 13.2. The fraction of sp³-hybridized carbons (Fsp3) is 0.345. The van der Waals surface area contributed by atoms with Crippen LogP contribution in [0.25, 0.3) is 0 Å². The fourth-order valence-electron chi connectivity index (χ4n) is 4.62. The maximum Gasteiger partial charge on any atom is 0.260 e. The second kappa shape index (κ2) is 11.1. The molecule has 1 fully saturated rings. The van der Waals surface area contributed by atoms with E-state index in [0.29, 0.717) is 29.5 Å². The van der Waals surface area contributed by atoms with Gasteiger partial charge in [-0.15, -0.1) is 0 Å². The van der Waals surface area contributed by atoms with Crippen molar-refractivity contribution in [3.63, 3.8) is 0 Å². The molecule has 1 unspecified atom stereocenters. The van der Waals surface area contributed by atoms with Gasteiger partial charge in [-0.05, 0) is 90.3 Å². The molecule has 0 saturated carbocycles. The Bertz CT molecular complexity index is 1170. The first kappa shape index (κ1) is 25.1. The molecule has 1 atom stereocenters. The van der Waals surface area contributed by atoms with Crippen LogP contribution in [0, 0.1) is 18.7 Å². The van der Waals surface area contributed by atoms with Crippen LogP contribution in [0.5, 0.6) is 11.5 Å². The zero-order valence-electron chi connectivity index (χ0n) is 20.2. The van der Waals surface area contributed by atoms with Crippen molar-refractivity contribution >= 4 is 17.5 Å². The van der Waals surface area contributed by atoms with E-state index in [1.807, 2.05) is 30.0 Å². The Morgan fingerprint density at radius 1 is 1.11 bits per heavy atom. The molecule has 4 nitrogen and oxygen atoms in total. The Balaban J connectivity index is 1.43. The first-order valence-electron chi connectivity index (χ1n) is 12.0. The Kier molecular flexibility index (Phi) is 7.97. The minimum atomic E-state index is -0.283. The van der Waals surface area contributed by atoms with E-state index in [-0.39, 0.29) is 24.1 Å². The lowest BCUT2D eigenvalue weighted by atomic mass is 9.96. The summed E-state index contributed by atoms with van der Waals surface area (Å²) in [5.74, 6) is 1.04. The van der Waals surface area contributed by atoms with Gasteiger partial charge >= 0.3 is 0 Å². The van der Waals surface area contributed by atoms with Gasteiger partial charge in [-0.3, -0.25) is 4.79 Å². The number of benzene rings is 3. The van der Waals surface area contributed by atoms with Crippen LogP contribution in [0.15, 0.2) is 54.6 Å². The number of aryl methyl sites for hydroxylation is 1. The second-order valence-electron chi connectivity index (χ2n) is 9.52. The molecular weight excluding hydrogens is 465 g/mol. The van der Waals surface area contributed by atoms with Gasteiger partial charge in [0.15, 0.2) is 6.61 Å². The third-order valence-corrected chi connectivity index (χ3v) is 6.93. The first-order valence-corrected chi connectivity index (χ1v) is 12.4. The third kappa shape index (κ3) is 6.55. The highest BCUT2D eigenvalue weighted by molar-refractivity contribution is 6.31. The average molecular weight is 496 g/mol. The highest BCUT2D eigenvalue weighted by Gasteiger charge is 2.21. The van der Waals surface area contributed by atoms with Gasteiger partial charge in [-0.25, -0.2) is 4.39 Å². The van der Waals surface area contributed by atoms with Crippen molar-refractivity contribution in [2.45, 2.75) is 39.5 Å². The summed E-state index contributed by atoms with van der Waals surface area (Å²) in [6.07, 6.45) is 3.29. The minimum Gasteiger partial charge on any atom is -0.508 e. The lowest BCUT2D eigenvalue weighted by Gasteiger charge is -2.30. The van der Waals surface area contributed by atoms with E-state index in [9.17, 15) is 14.3 Å². The van der Waals surface area contributed by atoms with Crippen molar-refractivity contribution in [2.75, 3.05) is 19.7 Å². The molecule has 3 aromatic rings. The Morgan fingerprint density at radius 3 is 2.57 bits per heavy atom. The Hall–Kier alpha value is -3.05. The van der Waals surface area contributed by atoms with Crippen LogP contribution in [0.1, 0.15) is 47.6 Å². The number of hydrogen-bond donors (Lipinski definition) is 1. The average Bonchev–Trinajstić information content (AvgIpc) is 2.83. The lowest BCUT2D eigenvalue weighted by molar-refractivity contribution is -0.135. The number of carbonyl (C=O) groups excluding carboxylic acids is 1. The molecule has 4 rings (SSSR count). The largest absolute Gasteiger partial charge is 0.508 e. The van der Waals surface area contributed by atoms with Crippen LogP contribution < -0.4 is 4.74 Å². The van der Waals surface area contributed by atoms with Gasteiger partial charge in [0.25, 0.3) is 5.91 Å². The normalized spacial score (nSPS) is 15.8. The highest BCUT2D eigenvalue weighted by Crippen LogP contribution is 2.30. The molecule has 0 spiro atoms. The van der Waals surface area contributed by atoms with E-state index in [1.54, 1.807) is 24.3 Å². The molecule has 6 heteroatoms. The van der Waals surface area contributed by atoms with Gasteiger partial charge in [0, 0.05) is 24.5 Å². The molecule has 1 aliphatic heterocycles. The molecule has 1 amide bonds. The summed E-state index contributed by atoms with van der Waals surface area (Å²) in [7, 11) is 0. The summed E-state index contributed by atoms with van der Waals surface area (Å²) in [5, 5.41) is 10.9. The number of ether oxygens (including phenoxy) is 1. The SMILES string of the molecule is Cc1cc(OCC(=O)N2CCCC(C)C2)cc(Cl)c1Cc1ccc(O)c(Cc2ccc(F)cc2)c1. The van der Waals surface area contributed by atoms with E-state index in [0.717, 1.165) is 53.7 Å². The van der Waals surface area contributed by atoms with E-state index in [1.165, 1.54) is 12.1 Å². The molecule has 1 aliphatic rings. The summed E-state index contributed by atoms with van der Waals surface area (Å²) < 4.78 is 19.0. The molecule has 1 N–H and O–H groups in total. The second-order valence-corrected chi connectivity index (χ2v) is 9.93. The molecule has 3 aromatic carbocycles. The van der Waals surface area contributed by atoms with Crippen LogP contribution in [-0.4, -0.2) is 35.6 Å². The number of piperidine rings is 1. The topological polar surface area (TPSA) is 49.8 Å². The van der Waals surface area contributed by atoms with E-state index < -0.39 is 0 Å². The summed E-state index contributed by atoms with van der Waals surface area (Å²) in [4.78, 5) is 14.4. The molecule has 0 aromatic heterocycles. The number of hydrogen-bond acceptors (Lipinski definition) is 3. The van der Waals surface area contributed by atoms with Gasteiger partial charge in [0.2, 0.25) is 0 Å². The van der Waals surface area contributed by atoms with Crippen molar-refractivity contribution in [2.24, 2.45) is 5.92 Å². The molecular formula is C29H31ClFNO3. The van der Waals surface area contributed by atoms with Crippen molar-refractivity contribution in [1.29, 1.82) is 0 Å². The van der Waals surface area contributed by atoms with Gasteiger partial charge in [-0.1, -0.05) is 42.8 Å². The molecule has 1 heterocycles. The fourth-order valence-corrected chi connectivity index (χ4v) is 4.94. The molecule has 1 saturated heterocycles. The number of likely N-dealkylation sites (tertiary alicyclic amines) is 1. The van der Waals surface area contributed by atoms with E-state index in [2.05, 4.69) is 6.92 Å². The molecule has 0 aliphatic carbocycles. The predicted molar refractivity (Wildman–Crippen MR) is 137 cm³/mol. The molecule has 35 heavy (non-hydrogen) atoms. The lowest BCUT2D eigenvalue weighted by Crippen LogP contribution is -2.41. The quantitative estimate of drug-likeness (QED) is 0.417. The maximum absolute atomic E-state index is 13.2. The summed E-state index contributed by atoms with van der Waals surface area (Å²) in [6.45, 7) is 5.73. The van der Waals surface area contributed by atoms with Gasteiger partial charge in [0.05, 0.1) is 0 Å². The number of phenols is 1. The van der Waals surface area contributed by atoms with Gasteiger partial charge in [0.1, 0.15) is 17.3 Å². The zero-order chi connectivity index (χ0) is 24.9. The number of amides is 1. The number of halogens is 2. The standard InChI is InChI=1S/C29H31ClFNO3/c1-19-4-3-11-32(17-19)29(34)18-35-25-12-20(2)26(27(30)16-25)15-22-7-10-28(33)23(14-22)13-21-5-8-24(31)9-6-21/h5-10,12,14,16,19,33H,3-4,11,13,15,17-18H2,1-2H3. The van der Waals surface area contributed by atoms with Crippen molar-refractivity contribution in [1.82, 2.24) is 4.90 Å². The predicted octanol–water partition coefficient (Wildman–Crippen LogP) is 6.31. The van der Waals surface area contributed by atoms with Crippen LogP contribution in [0.2, 0.25) is 5.02 Å². The number of nitrogens with zero attached hydrogens (tertiary/aromatic N) is 1. The van der Waals surface area contributed by atoms with Crippen LogP contribution in [0.4, 0.5) is 4.39 Å². The van der Waals surface area contributed by atoms with Gasteiger partial charge < -0.3 is 14.7 Å². The Morgan fingerprint density at radius 2 is 1.86 bits per heavy atom. The van der Waals surface area contributed by atoms with Crippen molar-refractivity contribution in [3.8, 4) is 11.5 Å². The van der Waals surface area contributed by atoms with Crippen LogP contribution >= 0.6 is 11.6 Å². The van der Waals surface area contributed by atoms with Gasteiger partial charge in [-0.2, -0.15) is 0 Å². The number of aromatic hydroxyl groups is 1. The Labute approximate surface area is 211 Å². The van der Waals surface area contributed by atoms with Crippen molar-refractivity contribution in [3.05, 3.63) is 93.3 Å². The summed E-state index contributed by atoms with van der Waals surface area (Å²) in [5.41, 5.74) is 4.64. The number of carbonyl (C=O) groups is 1. The summed E-state index contributed by atoms with van der Waals surface area (Å²) in [6, 6.07) is 15.5. The number of phenolic OH excluding ortho intramolecular Hbond substituents is 1. The molecule has 0 radical (unpaired) electrons. The molecule has 184 valence electrons. The highest BCUT2D eigenvalue weighted by atomic mass is 35.5. The zero-order valence-corrected chi connectivity index (χ0v) is 20.9. The van der Waals surface area contributed by atoms with E-state index >= 15 is 0 Å². The third-order valence-electron chi connectivity index (χ3n) is 6.60. The monoisotopic (exact) mass is 495 g/mol. The van der Waals surface area contributed by atoms with Crippen molar-refractivity contribution < 1.29 is 19.0 Å². The van der Waals surface area contributed by atoms with Crippen LogP contribution in [-0.2, 0) is 17.6 Å². The van der Waals surface area contributed by atoms with Crippen LogP contribution in [0.3, 0.4) is 0 Å². The first-order chi connectivity index (χ1) is 16.8. The minimum absolute atomic E-state index is 0.00649. The summed E-state index contributed by atoms with van der Waals surface area (Å²) >= 11 is 6.62. The number of rotatable bonds is 7. The molecule has 0 bridgehead atoms. The van der Waals surface area contributed by atoms with E-state index in [4.69, 9.17) is 16.3 Å².